The quantitative estimate of drug-likeness (QED) is 0.842. The summed E-state index contributed by atoms with van der Waals surface area (Å²) in [5.74, 6) is 0. The summed E-state index contributed by atoms with van der Waals surface area (Å²) in [5, 5.41) is 18.1. The molecule has 1 aromatic carbocycles. The zero-order valence-electron chi connectivity index (χ0n) is 10.6. The number of benzene rings is 1. The predicted molar refractivity (Wildman–Crippen MR) is 67.8 cm³/mol. The minimum Gasteiger partial charge on any atom is -0.396 e. The first-order chi connectivity index (χ1) is 8.67. The highest BCUT2D eigenvalue weighted by atomic mass is 16.5. The predicted octanol–water partition coefficient (Wildman–Crippen LogP) is 0.999. The van der Waals surface area contributed by atoms with Crippen molar-refractivity contribution in [3.8, 4) is 6.07 Å². The van der Waals surface area contributed by atoms with Gasteiger partial charge in [0.1, 0.15) is 0 Å². The Hall–Kier alpha value is -1.41. The molecule has 0 saturated carbocycles. The molecule has 96 valence electrons. The van der Waals surface area contributed by atoms with Crippen LogP contribution in [0.15, 0.2) is 24.3 Å². The number of rotatable bonds is 5. The Balaban J connectivity index is 1.90. The number of hydrogen-bond donors (Lipinski definition) is 1. The molecule has 4 heteroatoms. The number of hydrogen-bond acceptors (Lipinski definition) is 4. The third-order valence-electron chi connectivity index (χ3n) is 3.29. The third kappa shape index (κ3) is 2.88. The number of aliphatic hydroxyl groups is 1. The van der Waals surface area contributed by atoms with Crippen LogP contribution in [-0.2, 0) is 11.3 Å². The number of aliphatic hydroxyl groups excluding tert-OH is 1. The number of ether oxygens (including phenoxy) is 1. The molecule has 4 nitrogen and oxygen atoms in total. The van der Waals surface area contributed by atoms with Crippen molar-refractivity contribution in [2.75, 3.05) is 33.4 Å². The highest BCUT2D eigenvalue weighted by Crippen LogP contribution is 2.27. The minimum atomic E-state index is -0.0820. The SMILES string of the molecule is CN(Cc1ccc(C#N)cc1)CC1(CO)COC1. The second kappa shape index (κ2) is 5.49. The Kier molecular flexibility index (Phi) is 3.97. The molecule has 0 amide bonds. The van der Waals surface area contributed by atoms with E-state index in [0.717, 1.165) is 13.1 Å². The van der Waals surface area contributed by atoms with Gasteiger partial charge in [-0.1, -0.05) is 12.1 Å². The maximum atomic E-state index is 9.38. The molecule has 0 unspecified atom stereocenters. The highest BCUT2D eigenvalue weighted by molar-refractivity contribution is 5.31. The Morgan fingerprint density at radius 2 is 2.06 bits per heavy atom. The molecule has 1 saturated heterocycles. The highest BCUT2D eigenvalue weighted by Gasteiger charge is 2.38. The van der Waals surface area contributed by atoms with Crippen molar-refractivity contribution in [2.24, 2.45) is 5.41 Å². The van der Waals surface area contributed by atoms with Gasteiger partial charge in [0.05, 0.1) is 36.9 Å². The van der Waals surface area contributed by atoms with E-state index in [1.165, 1.54) is 5.56 Å². The van der Waals surface area contributed by atoms with Gasteiger partial charge >= 0.3 is 0 Å². The molecule has 0 radical (unpaired) electrons. The molecule has 0 atom stereocenters. The molecule has 18 heavy (non-hydrogen) atoms. The Morgan fingerprint density at radius 3 is 2.50 bits per heavy atom. The molecule has 1 heterocycles. The second-order valence-corrected chi connectivity index (χ2v) is 5.13. The summed E-state index contributed by atoms with van der Waals surface area (Å²) in [4.78, 5) is 2.18. The lowest BCUT2D eigenvalue weighted by Gasteiger charge is -2.42. The van der Waals surface area contributed by atoms with E-state index >= 15 is 0 Å². The van der Waals surface area contributed by atoms with Gasteiger partial charge in [-0.3, -0.25) is 0 Å². The van der Waals surface area contributed by atoms with Crippen LogP contribution in [0.3, 0.4) is 0 Å². The van der Waals surface area contributed by atoms with E-state index in [1.54, 1.807) is 0 Å². The molecule has 0 aromatic heterocycles. The van der Waals surface area contributed by atoms with Crippen LogP contribution in [0.5, 0.6) is 0 Å². The van der Waals surface area contributed by atoms with E-state index in [4.69, 9.17) is 10.00 Å². The standard InChI is InChI=1S/C14H18N2O2/c1-16(8-14(9-17)10-18-11-14)7-13-4-2-12(6-15)3-5-13/h2-5,17H,7-11H2,1H3. The van der Waals surface area contributed by atoms with Gasteiger partial charge in [0.15, 0.2) is 0 Å². The third-order valence-corrected chi connectivity index (χ3v) is 3.29. The first-order valence-corrected chi connectivity index (χ1v) is 6.04. The van der Waals surface area contributed by atoms with Gasteiger partial charge in [-0.15, -0.1) is 0 Å². The molecule has 1 fully saturated rings. The van der Waals surface area contributed by atoms with Crippen LogP contribution in [0, 0.1) is 16.7 Å². The summed E-state index contributed by atoms with van der Waals surface area (Å²) in [5.41, 5.74) is 1.77. The fraction of sp³-hybridized carbons (Fsp3) is 0.500. The van der Waals surface area contributed by atoms with Crippen LogP contribution < -0.4 is 0 Å². The van der Waals surface area contributed by atoms with Gasteiger partial charge in [0, 0.05) is 13.1 Å². The molecule has 0 spiro atoms. The van der Waals surface area contributed by atoms with Crippen LogP contribution in [0.4, 0.5) is 0 Å². The summed E-state index contributed by atoms with van der Waals surface area (Å²) in [6.07, 6.45) is 0. The van der Waals surface area contributed by atoms with Crippen molar-refractivity contribution < 1.29 is 9.84 Å². The second-order valence-electron chi connectivity index (χ2n) is 5.13. The lowest BCUT2D eigenvalue weighted by atomic mass is 9.86. The molecular weight excluding hydrogens is 228 g/mol. The normalized spacial score (nSPS) is 17.2. The lowest BCUT2D eigenvalue weighted by molar-refractivity contribution is -0.147. The smallest absolute Gasteiger partial charge is 0.0991 e. The van der Waals surface area contributed by atoms with Crippen LogP contribution in [0.1, 0.15) is 11.1 Å². The minimum absolute atomic E-state index is 0.0820. The van der Waals surface area contributed by atoms with Crippen molar-refractivity contribution in [3.63, 3.8) is 0 Å². The van der Waals surface area contributed by atoms with Crippen LogP contribution in [-0.4, -0.2) is 43.4 Å². The van der Waals surface area contributed by atoms with E-state index in [0.29, 0.717) is 18.8 Å². The topological polar surface area (TPSA) is 56.5 Å². The average molecular weight is 246 g/mol. The number of nitrogens with zero attached hydrogens (tertiary/aromatic N) is 2. The van der Waals surface area contributed by atoms with Crippen LogP contribution >= 0.6 is 0 Å². The van der Waals surface area contributed by atoms with Crippen molar-refractivity contribution in [2.45, 2.75) is 6.54 Å². The Labute approximate surface area is 107 Å². The van der Waals surface area contributed by atoms with Gasteiger partial charge in [-0.05, 0) is 24.7 Å². The fourth-order valence-electron chi connectivity index (χ4n) is 2.25. The summed E-state index contributed by atoms with van der Waals surface area (Å²) in [6, 6.07) is 9.71. The van der Waals surface area contributed by atoms with E-state index in [-0.39, 0.29) is 12.0 Å². The van der Waals surface area contributed by atoms with Gasteiger partial charge in [-0.2, -0.15) is 5.26 Å². The summed E-state index contributed by atoms with van der Waals surface area (Å²) >= 11 is 0. The molecule has 1 aliphatic rings. The van der Waals surface area contributed by atoms with E-state index in [2.05, 4.69) is 11.0 Å². The van der Waals surface area contributed by atoms with Crippen LogP contribution in [0.2, 0.25) is 0 Å². The van der Waals surface area contributed by atoms with E-state index < -0.39 is 0 Å². The van der Waals surface area contributed by atoms with E-state index in [9.17, 15) is 5.11 Å². The van der Waals surface area contributed by atoms with Gasteiger partial charge < -0.3 is 14.7 Å². The molecule has 1 aromatic rings. The monoisotopic (exact) mass is 246 g/mol. The molecule has 1 aliphatic heterocycles. The fourth-order valence-corrected chi connectivity index (χ4v) is 2.25. The molecule has 0 bridgehead atoms. The summed E-state index contributed by atoms with van der Waals surface area (Å²) in [6.45, 7) is 3.09. The maximum Gasteiger partial charge on any atom is 0.0991 e. The zero-order valence-corrected chi connectivity index (χ0v) is 10.6. The van der Waals surface area contributed by atoms with Crippen molar-refractivity contribution >= 4 is 0 Å². The summed E-state index contributed by atoms with van der Waals surface area (Å²) < 4.78 is 5.19. The molecular formula is C14H18N2O2. The summed E-state index contributed by atoms with van der Waals surface area (Å²) in [7, 11) is 2.04. The maximum absolute atomic E-state index is 9.38. The largest absolute Gasteiger partial charge is 0.396 e. The first-order valence-electron chi connectivity index (χ1n) is 6.04. The number of nitriles is 1. The first kappa shape index (κ1) is 13.0. The van der Waals surface area contributed by atoms with Crippen molar-refractivity contribution in [1.82, 2.24) is 4.90 Å². The van der Waals surface area contributed by atoms with E-state index in [1.807, 2.05) is 31.3 Å². The van der Waals surface area contributed by atoms with Crippen molar-refractivity contribution in [3.05, 3.63) is 35.4 Å². The lowest BCUT2D eigenvalue weighted by Crippen LogP contribution is -2.52. The Bertz CT molecular complexity index is 427. The molecule has 0 aliphatic carbocycles. The average Bonchev–Trinajstić information content (AvgIpc) is 2.35. The Morgan fingerprint density at radius 1 is 1.39 bits per heavy atom. The molecule has 2 rings (SSSR count). The van der Waals surface area contributed by atoms with Crippen molar-refractivity contribution in [1.29, 1.82) is 5.26 Å². The molecule has 1 N–H and O–H groups in total. The van der Waals surface area contributed by atoms with Crippen LogP contribution in [0.25, 0.3) is 0 Å². The van der Waals surface area contributed by atoms with Gasteiger partial charge in [-0.25, -0.2) is 0 Å². The van der Waals surface area contributed by atoms with Gasteiger partial charge in [0.25, 0.3) is 0 Å². The van der Waals surface area contributed by atoms with Gasteiger partial charge in [0.2, 0.25) is 0 Å². The zero-order chi connectivity index (χ0) is 13.0.